The van der Waals surface area contributed by atoms with Crippen LogP contribution in [-0.2, 0) is 26.6 Å². The fraction of sp³-hybridized carbons (Fsp3) is 0.182. The van der Waals surface area contributed by atoms with Crippen LogP contribution in [-0.4, -0.2) is 36.4 Å². The Bertz CT molecular complexity index is 1670. The van der Waals surface area contributed by atoms with Crippen molar-refractivity contribution >= 4 is 56.0 Å². The number of primary amides is 1. The molecule has 2 N–H and O–H groups in total. The number of aliphatic imine (C=N–C) groups is 1. The molecule has 1 amide bonds. The highest BCUT2D eigenvalue weighted by atomic mass is 32.1. The van der Waals surface area contributed by atoms with Gasteiger partial charge in [-0.3, -0.25) is 14.6 Å². The van der Waals surface area contributed by atoms with Gasteiger partial charge in [0, 0.05) is 36.0 Å². The summed E-state index contributed by atoms with van der Waals surface area (Å²) in [5, 5.41) is 8.21. The summed E-state index contributed by atoms with van der Waals surface area (Å²) >= 11 is 2.73. The van der Waals surface area contributed by atoms with E-state index in [4.69, 9.17) is 10.7 Å². The number of nitrogens with two attached hydrogens (primary N) is 1. The van der Waals surface area contributed by atoms with E-state index in [0.717, 1.165) is 37.6 Å². The topological polar surface area (TPSA) is 121 Å². The highest BCUT2D eigenvalue weighted by Gasteiger charge is 2.20. The van der Waals surface area contributed by atoms with Gasteiger partial charge < -0.3 is 10.3 Å². The zero-order chi connectivity index (χ0) is 22.7. The van der Waals surface area contributed by atoms with Crippen LogP contribution in [0.3, 0.4) is 0 Å². The molecule has 0 radical (unpaired) electrons. The number of rotatable bonds is 5. The number of amides is 1. The number of aromatic nitrogens is 5. The molecule has 33 heavy (non-hydrogen) atoms. The van der Waals surface area contributed by atoms with Crippen molar-refractivity contribution in [2.24, 2.45) is 17.8 Å². The minimum Gasteiger partial charge on any atom is -0.364 e. The first-order valence-corrected chi connectivity index (χ1v) is 11.9. The molecule has 6 rings (SSSR count). The predicted octanol–water partition coefficient (Wildman–Crippen LogP) is 2.47. The molecule has 1 aliphatic heterocycles. The lowest BCUT2D eigenvalue weighted by molar-refractivity contribution is 0.0999. The fourth-order valence-electron chi connectivity index (χ4n) is 4.18. The van der Waals surface area contributed by atoms with E-state index < -0.39 is 5.91 Å². The van der Waals surface area contributed by atoms with E-state index in [1.165, 1.54) is 32.9 Å². The third-order valence-corrected chi connectivity index (χ3v) is 7.74. The molecule has 11 heteroatoms. The monoisotopic (exact) mass is 475 g/mol. The van der Waals surface area contributed by atoms with Gasteiger partial charge in [-0.1, -0.05) is 18.2 Å². The summed E-state index contributed by atoms with van der Waals surface area (Å²) in [4.78, 5) is 38.0. The van der Waals surface area contributed by atoms with Gasteiger partial charge in [-0.15, -0.1) is 22.7 Å². The number of fused-ring (bicyclic) bond motifs is 4. The molecule has 0 saturated carbocycles. The number of carbonyl (C=O) groups excluding carboxylic acids is 1. The molecule has 4 aromatic heterocycles. The van der Waals surface area contributed by atoms with Crippen LogP contribution in [0.4, 0.5) is 0 Å². The number of nitrogens with zero attached hydrogens (tertiary/aromatic N) is 6. The summed E-state index contributed by atoms with van der Waals surface area (Å²) in [7, 11) is 1.85. The second-order valence-corrected chi connectivity index (χ2v) is 9.78. The van der Waals surface area contributed by atoms with E-state index in [-0.39, 0.29) is 10.6 Å². The smallest absolute Gasteiger partial charge is 0.291 e. The third-order valence-electron chi connectivity index (χ3n) is 5.75. The van der Waals surface area contributed by atoms with E-state index in [9.17, 15) is 9.59 Å². The van der Waals surface area contributed by atoms with Gasteiger partial charge in [0.25, 0.3) is 11.5 Å². The highest BCUT2D eigenvalue weighted by molar-refractivity contribution is 7.19. The fourth-order valence-corrected chi connectivity index (χ4v) is 5.97. The Morgan fingerprint density at radius 1 is 1.27 bits per heavy atom. The van der Waals surface area contributed by atoms with Crippen LogP contribution in [0, 0.1) is 0 Å². The molecule has 0 spiro atoms. The Morgan fingerprint density at radius 3 is 2.97 bits per heavy atom. The van der Waals surface area contributed by atoms with E-state index >= 15 is 0 Å². The van der Waals surface area contributed by atoms with Crippen LogP contribution in [0.25, 0.3) is 21.3 Å². The molecule has 164 valence electrons. The Morgan fingerprint density at radius 2 is 2.15 bits per heavy atom. The normalized spacial score (nSPS) is 12.8. The average molecular weight is 476 g/mol. The Labute approximate surface area is 194 Å². The van der Waals surface area contributed by atoms with Crippen molar-refractivity contribution in [1.29, 1.82) is 0 Å². The molecule has 9 nitrogen and oxygen atoms in total. The lowest BCUT2D eigenvalue weighted by Crippen LogP contribution is -2.25. The minimum atomic E-state index is -0.531. The number of hydrogen-bond donors (Lipinski definition) is 1. The van der Waals surface area contributed by atoms with Crippen molar-refractivity contribution in [2.75, 3.05) is 0 Å². The highest BCUT2D eigenvalue weighted by Crippen LogP contribution is 2.32. The number of thiazole rings is 2. The Kier molecular flexibility index (Phi) is 4.49. The Hall–Kier alpha value is -3.70. The number of carbonyl (C=O) groups is 1. The summed E-state index contributed by atoms with van der Waals surface area (Å²) in [5.74, 6) is -0.531. The second kappa shape index (κ2) is 7.42. The second-order valence-electron chi connectivity index (χ2n) is 7.83. The summed E-state index contributed by atoms with van der Waals surface area (Å²) < 4.78 is 4.24. The lowest BCUT2D eigenvalue weighted by Gasteiger charge is -2.09. The quantitative estimate of drug-likeness (QED) is 0.419. The number of hydrogen-bond acceptors (Lipinski definition) is 8. The summed E-state index contributed by atoms with van der Waals surface area (Å²) in [6.07, 6.45) is 4.11. The van der Waals surface area contributed by atoms with Crippen molar-refractivity contribution in [3.05, 3.63) is 72.5 Å². The molecule has 1 aromatic carbocycles. The van der Waals surface area contributed by atoms with Gasteiger partial charge in [-0.05, 0) is 11.1 Å². The SMILES string of the molecule is Cn1c2nc(Cc3csc(C(N)=O)n3)sc2c2cnn(Cc3cccc4c3C=NC4)c(=O)c21. The molecule has 5 heterocycles. The first-order chi connectivity index (χ1) is 16.0. The number of benzene rings is 1. The molecule has 0 atom stereocenters. The zero-order valence-electron chi connectivity index (χ0n) is 17.5. The largest absolute Gasteiger partial charge is 0.364 e. The molecule has 0 aliphatic carbocycles. The van der Waals surface area contributed by atoms with E-state index in [1.807, 2.05) is 35.3 Å². The van der Waals surface area contributed by atoms with E-state index in [0.29, 0.717) is 25.0 Å². The van der Waals surface area contributed by atoms with Gasteiger partial charge in [-0.2, -0.15) is 5.10 Å². The third kappa shape index (κ3) is 3.19. The zero-order valence-corrected chi connectivity index (χ0v) is 19.1. The van der Waals surface area contributed by atoms with Gasteiger partial charge >= 0.3 is 0 Å². The van der Waals surface area contributed by atoms with Crippen molar-refractivity contribution in [3.8, 4) is 0 Å². The molecular formula is C22H17N7O2S2. The van der Waals surface area contributed by atoms with Crippen LogP contribution >= 0.6 is 22.7 Å². The van der Waals surface area contributed by atoms with Crippen molar-refractivity contribution < 1.29 is 4.79 Å². The van der Waals surface area contributed by atoms with Crippen LogP contribution < -0.4 is 11.3 Å². The van der Waals surface area contributed by atoms with Crippen molar-refractivity contribution in [2.45, 2.75) is 19.5 Å². The van der Waals surface area contributed by atoms with Gasteiger partial charge in [0.1, 0.15) is 10.5 Å². The molecular weight excluding hydrogens is 458 g/mol. The summed E-state index contributed by atoms with van der Waals surface area (Å²) in [5.41, 5.74) is 10.5. The summed E-state index contributed by atoms with van der Waals surface area (Å²) in [6, 6.07) is 6.05. The molecule has 1 aliphatic rings. The molecule has 0 fully saturated rings. The predicted molar refractivity (Wildman–Crippen MR) is 128 cm³/mol. The van der Waals surface area contributed by atoms with E-state index in [1.54, 1.807) is 6.20 Å². The Balaban J connectivity index is 1.38. The maximum atomic E-state index is 13.3. The van der Waals surface area contributed by atoms with Crippen LogP contribution in [0.5, 0.6) is 0 Å². The van der Waals surface area contributed by atoms with Crippen LogP contribution in [0.15, 0.2) is 39.6 Å². The van der Waals surface area contributed by atoms with Crippen molar-refractivity contribution in [1.82, 2.24) is 24.3 Å². The van der Waals surface area contributed by atoms with E-state index in [2.05, 4.69) is 21.1 Å². The molecule has 5 aromatic rings. The molecule has 0 bridgehead atoms. The summed E-state index contributed by atoms with van der Waals surface area (Å²) in [6.45, 7) is 1.06. The standard InChI is InChI=1S/C22H17N7O2S2/c1-28-17-15(18-20(28)27-16(33-18)5-13-10-32-21(26-13)19(23)30)8-25-29(22(17)31)9-12-4-2-3-11-6-24-7-14(11)12/h2-4,7-8,10H,5-6,9H2,1H3,(H2,23,30). The maximum Gasteiger partial charge on any atom is 0.291 e. The maximum absolute atomic E-state index is 13.3. The van der Waals surface area contributed by atoms with Gasteiger partial charge in [0.15, 0.2) is 10.7 Å². The van der Waals surface area contributed by atoms with Gasteiger partial charge in [-0.25, -0.2) is 14.6 Å². The van der Waals surface area contributed by atoms with Gasteiger partial charge in [0.05, 0.1) is 29.7 Å². The molecule has 0 saturated heterocycles. The minimum absolute atomic E-state index is 0.153. The lowest BCUT2D eigenvalue weighted by atomic mass is 10.0. The van der Waals surface area contributed by atoms with Crippen LogP contribution in [0.2, 0.25) is 0 Å². The first-order valence-electron chi connectivity index (χ1n) is 10.2. The first kappa shape index (κ1) is 19.9. The van der Waals surface area contributed by atoms with Crippen LogP contribution in [0.1, 0.15) is 37.2 Å². The molecule has 0 unspecified atom stereocenters. The van der Waals surface area contributed by atoms with Gasteiger partial charge in [0.2, 0.25) is 0 Å². The number of aryl methyl sites for hydroxylation is 1. The van der Waals surface area contributed by atoms with Crippen molar-refractivity contribution in [3.63, 3.8) is 0 Å². The average Bonchev–Trinajstić information content (AvgIpc) is 3.57.